The third kappa shape index (κ3) is 3.17. The number of anilines is 1. The van der Waals surface area contributed by atoms with Crippen molar-refractivity contribution in [2.45, 2.75) is 19.4 Å². The molecule has 1 N–H and O–H groups in total. The molecule has 108 valence electrons. The van der Waals surface area contributed by atoms with Crippen LogP contribution in [-0.2, 0) is 6.54 Å². The van der Waals surface area contributed by atoms with Crippen LogP contribution < -0.4 is 10.2 Å². The Labute approximate surface area is 126 Å². The van der Waals surface area contributed by atoms with E-state index in [2.05, 4.69) is 40.4 Å². The van der Waals surface area contributed by atoms with E-state index >= 15 is 0 Å². The minimum atomic E-state index is 0.626. The number of para-hydroxylation sites is 1. The lowest BCUT2D eigenvalue weighted by atomic mass is 10.1. The Bertz CT molecular complexity index is 668. The molecule has 0 spiro atoms. The maximum Gasteiger partial charge on any atom is 0.130 e. The highest BCUT2D eigenvalue weighted by Gasteiger charge is 2.25. The number of hydrogen-bond acceptors (Lipinski definition) is 3. The first-order chi connectivity index (χ1) is 10.3. The van der Waals surface area contributed by atoms with E-state index in [0.29, 0.717) is 6.54 Å². The van der Waals surface area contributed by atoms with Gasteiger partial charge in [-0.15, -0.1) is 6.42 Å². The first-order valence-corrected chi connectivity index (χ1v) is 7.53. The summed E-state index contributed by atoms with van der Waals surface area (Å²) in [4.78, 5) is 7.06. The first kappa shape index (κ1) is 13.9. The van der Waals surface area contributed by atoms with Gasteiger partial charge in [-0.3, -0.25) is 0 Å². The molecule has 0 amide bonds. The summed E-state index contributed by atoms with van der Waals surface area (Å²) in [5.41, 5.74) is 2.31. The zero-order valence-electron chi connectivity index (χ0n) is 12.5. The van der Waals surface area contributed by atoms with E-state index in [0.717, 1.165) is 30.3 Å². The van der Waals surface area contributed by atoms with Gasteiger partial charge in [0.1, 0.15) is 5.82 Å². The van der Waals surface area contributed by atoms with Crippen molar-refractivity contribution in [2.75, 3.05) is 25.0 Å². The van der Waals surface area contributed by atoms with E-state index in [-0.39, 0.29) is 0 Å². The average molecular weight is 279 g/mol. The summed E-state index contributed by atoms with van der Waals surface area (Å²) in [5, 5.41) is 4.45. The maximum atomic E-state index is 5.54. The Kier molecular flexibility index (Phi) is 4.08. The van der Waals surface area contributed by atoms with Gasteiger partial charge in [0.25, 0.3) is 0 Å². The Morgan fingerprint density at radius 1 is 1.38 bits per heavy atom. The lowest BCUT2D eigenvalue weighted by molar-refractivity contribution is 0.754. The van der Waals surface area contributed by atoms with E-state index in [1.54, 1.807) is 0 Å². The predicted octanol–water partition coefficient (Wildman–Crippen LogP) is 2.80. The second kappa shape index (κ2) is 6.15. The number of benzene rings is 1. The SMILES string of the molecule is C#CCN(CC1CC1)c1cc(CNC)c2ccccc2n1. The third-order valence-corrected chi connectivity index (χ3v) is 3.94. The molecular weight excluding hydrogens is 258 g/mol. The van der Waals surface area contributed by atoms with Gasteiger partial charge < -0.3 is 10.2 Å². The number of rotatable bonds is 6. The quantitative estimate of drug-likeness (QED) is 0.824. The van der Waals surface area contributed by atoms with Crippen LogP contribution in [0.1, 0.15) is 18.4 Å². The monoisotopic (exact) mass is 279 g/mol. The van der Waals surface area contributed by atoms with Gasteiger partial charge >= 0.3 is 0 Å². The average Bonchev–Trinajstić information content (AvgIpc) is 3.31. The molecule has 1 saturated carbocycles. The van der Waals surface area contributed by atoms with Crippen LogP contribution in [0.15, 0.2) is 30.3 Å². The maximum absolute atomic E-state index is 5.54. The summed E-state index contributed by atoms with van der Waals surface area (Å²) in [6.45, 7) is 2.48. The second-order valence-electron chi connectivity index (χ2n) is 5.72. The molecule has 3 rings (SSSR count). The highest BCUT2D eigenvalue weighted by Crippen LogP contribution is 2.32. The first-order valence-electron chi connectivity index (χ1n) is 7.53. The fourth-order valence-corrected chi connectivity index (χ4v) is 2.69. The molecule has 0 bridgehead atoms. The lowest BCUT2D eigenvalue weighted by Gasteiger charge is -2.22. The van der Waals surface area contributed by atoms with Crippen molar-refractivity contribution >= 4 is 16.7 Å². The van der Waals surface area contributed by atoms with E-state index in [1.807, 2.05) is 13.1 Å². The molecule has 0 aliphatic heterocycles. The van der Waals surface area contributed by atoms with E-state index in [9.17, 15) is 0 Å². The number of hydrogen-bond donors (Lipinski definition) is 1. The minimum absolute atomic E-state index is 0.626. The number of pyridine rings is 1. The molecule has 1 heterocycles. The Morgan fingerprint density at radius 3 is 2.90 bits per heavy atom. The van der Waals surface area contributed by atoms with E-state index < -0.39 is 0 Å². The molecule has 3 heteroatoms. The molecule has 1 aromatic carbocycles. The van der Waals surface area contributed by atoms with Crippen LogP contribution in [0.25, 0.3) is 10.9 Å². The Morgan fingerprint density at radius 2 is 2.19 bits per heavy atom. The molecular formula is C18H21N3. The molecule has 0 saturated heterocycles. The normalized spacial score (nSPS) is 14.1. The van der Waals surface area contributed by atoms with Crippen LogP contribution in [-0.4, -0.2) is 25.1 Å². The molecule has 21 heavy (non-hydrogen) atoms. The van der Waals surface area contributed by atoms with Crippen LogP contribution in [0.5, 0.6) is 0 Å². The van der Waals surface area contributed by atoms with Crippen LogP contribution in [0.3, 0.4) is 0 Å². The summed E-state index contributed by atoms with van der Waals surface area (Å²) in [7, 11) is 1.97. The van der Waals surface area contributed by atoms with Crippen molar-refractivity contribution in [1.29, 1.82) is 0 Å². The van der Waals surface area contributed by atoms with Crippen molar-refractivity contribution in [1.82, 2.24) is 10.3 Å². The van der Waals surface area contributed by atoms with Crippen LogP contribution in [0.2, 0.25) is 0 Å². The topological polar surface area (TPSA) is 28.2 Å². The van der Waals surface area contributed by atoms with E-state index in [4.69, 9.17) is 11.4 Å². The van der Waals surface area contributed by atoms with Crippen molar-refractivity contribution in [3.8, 4) is 12.3 Å². The largest absolute Gasteiger partial charge is 0.345 e. The van der Waals surface area contributed by atoms with Crippen LogP contribution in [0.4, 0.5) is 5.82 Å². The van der Waals surface area contributed by atoms with Gasteiger partial charge in [-0.05, 0) is 43.5 Å². The fraction of sp³-hybridized carbons (Fsp3) is 0.389. The molecule has 2 aromatic rings. The summed E-state index contributed by atoms with van der Waals surface area (Å²) in [6, 6.07) is 10.5. The van der Waals surface area contributed by atoms with Crippen molar-refractivity contribution < 1.29 is 0 Å². The van der Waals surface area contributed by atoms with Crippen LogP contribution in [0, 0.1) is 18.3 Å². The molecule has 0 atom stereocenters. The molecule has 1 aliphatic rings. The molecule has 0 unspecified atom stereocenters. The fourth-order valence-electron chi connectivity index (χ4n) is 2.69. The summed E-state index contributed by atoms with van der Waals surface area (Å²) >= 11 is 0. The zero-order valence-corrected chi connectivity index (χ0v) is 12.5. The number of nitrogens with zero attached hydrogens (tertiary/aromatic N) is 2. The molecule has 3 nitrogen and oxygen atoms in total. The van der Waals surface area contributed by atoms with Crippen molar-refractivity contribution in [3.05, 3.63) is 35.9 Å². The highest BCUT2D eigenvalue weighted by molar-refractivity contribution is 5.84. The zero-order chi connectivity index (χ0) is 14.7. The molecule has 1 fully saturated rings. The van der Waals surface area contributed by atoms with Gasteiger partial charge in [-0.25, -0.2) is 4.98 Å². The summed E-state index contributed by atoms with van der Waals surface area (Å²) in [6.07, 6.45) is 8.18. The smallest absolute Gasteiger partial charge is 0.130 e. The second-order valence-corrected chi connectivity index (χ2v) is 5.72. The summed E-state index contributed by atoms with van der Waals surface area (Å²) < 4.78 is 0. The predicted molar refractivity (Wildman–Crippen MR) is 88.3 cm³/mol. The standard InChI is InChI=1S/C18H21N3/c1-3-10-21(13-14-8-9-14)18-11-15(12-19-2)16-6-4-5-7-17(16)20-18/h1,4-7,11,14,19H,8-10,12-13H2,2H3. The van der Waals surface area contributed by atoms with Crippen molar-refractivity contribution in [3.63, 3.8) is 0 Å². The Balaban J connectivity index is 2.01. The highest BCUT2D eigenvalue weighted by atomic mass is 15.2. The lowest BCUT2D eigenvalue weighted by Crippen LogP contribution is -2.27. The third-order valence-electron chi connectivity index (χ3n) is 3.94. The van der Waals surface area contributed by atoms with Gasteiger partial charge in [-0.2, -0.15) is 0 Å². The van der Waals surface area contributed by atoms with Crippen LogP contribution >= 0.6 is 0 Å². The molecule has 1 aromatic heterocycles. The summed E-state index contributed by atoms with van der Waals surface area (Å²) in [5.74, 6) is 4.56. The van der Waals surface area contributed by atoms with Crippen molar-refractivity contribution in [2.24, 2.45) is 5.92 Å². The number of terminal acetylenes is 1. The number of aromatic nitrogens is 1. The number of fused-ring (bicyclic) bond motifs is 1. The molecule has 1 aliphatic carbocycles. The van der Waals surface area contributed by atoms with E-state index in [1.165, 1.54) is 23.8 Å². The molecule has 0 radical (unpaired) electrons. The van der Waals surface area contributed by atoms with Gasteiger partial charge in [-0.1, -0.05) is 24.1 Å². The van der Waals surface area contributed by atoms with Gasteiger partial charge in [0.15, 0.2) is 0 Å². The van der Waals surface area contributed by atoms with Gasteiger partial charge in [0.05, 0.1) is 12.1 Å². The Hall–Kier alpha value is -2.05. The minimum Gasteiger partial charge on any atom is -0.345 e. The number of nitrogens with one attached hydrogen (secondary N) is 1. The van der Waals surface area contributed by atoms with Gasteiger partial charge in [0, 0.05) is 18.5 Å². The van der Waals surface area contributed by atoms with Gasteiger partial charge in [0.2, 0.25) is 0 Å².